The highest BCUT2D eigenvalue weighted by molar-refractivity contribution is 5.67. The topological polar surface area (TPSA) is 61.5 Å². The average molecular weight is 195 g/mol. The summed E-state index contributed by atoms with van der Waals surface area (Å²) in [5.74, 6) is 0.228. The lowest BCUT2D eigenvalue weighted by molar-refractivity contribution is 0.425. The highest BCUT2D eigenvalue weighted by atomic mass is 16.3. The Labute approximate surface area is 84.3 Å². The van der Waals surface area contributed by atoms with Gasteiger partial charge in [0, 0.05) is 19.2 Å². The fourth-order valence-corrected chi connectivity index (χ4v) is 1.11. The van der Waals surface area contributed by atoms with Gasteiger partial charge in [-0.2, -0.15) is 0 Å². The first kappa shape index (κ1) is 10.7. The molecule has 4 heteroatoms. The summed E-state index contributed by atoms with van der Waals surface area (Å²) in [5.41, 5.74) is 7.16. The fourth-order valence-electron chi connectivity index (χ4n) is 1.11. The molecule has 0 fully saturated rings. The number of phenolic OH excluding ortho intramolecular Hbond substituents is 1. The van der Waals surface area contributed by atoms with E-state index < -0.39 is 0 Å². The van der Waals surface area contributed by atoms with Crippen LogP contribution in [0, 0.1) is 0 Å². The molecule has 0 spiro atoms. The molecule has 14 heavy (non-hydrogen) atoms. The van der Waals surface area contributed by atoms with Crippen LogP contribution in [-0.4, -0.2) is 37.2 Å². The van der Waals surface area contributed by atoms with Crippen molar-refractivity contribution >= 4 is 11.4 Å². The average Bonchev–Trinajstić information content (AvgIpc) is 2.10. The monoisotopic (exact) mass is 195 g/mol. The van der Waals surface area contributed by atoms with E-state index in [4.69, 9.17) is 5.73 Å². The number of benzene rings is 1. The minimum absolute atomic E-state index is 0.228. The van der Waals surface area contributed by atoms with Crippen LogP contribution in [0.1, 0.15) is 0 Å². The third kappa shape index (κ3) is 3.14. The highest BCUT2D eigenvalue weighted by Gasteiger charge is 1.99. The van der Waals surface area contributed by atoms with Gasteiger partial charge >= 0.3 is 0 Å². The molecule has 0 saturated carbocycles. The largest absolute Gasteiger partial charge is 0.508 e. The molecule has 0 aliphatic heterocycles. The molecule has 0 heterocycles. The number of nitrogens with zero attached hydrogens (tertiary/aromatic N) is 1. The molecule has 0 aliphatic rings. The third-order valence-electron chi connectivity index (χ3n) is 1.91. The molecule has 78 valence electrons. The van der Waals surface area contributed by atoms with Gasteiger partial charge in [-0.25, -0.2) is 0 Å². The lowest BCUT2D eigenvalue weighted by Gasteiger charge is -2.12. The molecule has 1 rings (SSSR count). The maximum atomic E-state index is 9.24. The summed E-state index contributed by atoms with van der Waals surface area (Å²) in [7, 11) is 4.01. The number of hydrogen-bond donors (Lipinski definition) is 3. The molecule has 4 nitrogen and oxygen atoms in total. The van der Waals surface area contributed by atoms with Crippen LogP contribution in [0.15, 0.2) is 18.2 Å². The molecule has 1 aromatic carbocycles. The molecule has 0 atom stereocenters. The summed E-state index contributed by atoms with van der Waals surface area (Å²) in [5, 5.41) is 12.4. The van der Waals surface area contributed by atoms with E-state index in [0.717, 1.165) is 18.8 Å². The molecule has 0 saturated heterocycles. The second-order valence-electron chi connectivity index (χ2n) is 3.50. The Kier molecular flexibility index (Phi) is 3.59. The number of aromatic hydroxyl groups is 1. The zero-order chi connectivity index (χ0) is 10.6. The molecule has 0 aliphatic carbocycles. The van der Waals surface area contributed by atoms with Crippen LogP contribution < -0.4 is 11.1 Å². The Morgan fingerprint density at radius 3 is 2.79 bits per heavy atom. The number of hydrogen-bond acceptors (Lipinski definition) is 4. The molecule has 0 amide bonds. The molecule has 0 unspecified atom stereocenters. The van der Waals surface area contributed by atoms with Crippen molar-refractivity contribution in [3.63, 3.8) is 0 Å². The SMILES string of the molecule is CN(C)CCNc1cc(O)ccc1N. The minimum atomic E-state index is 0.228. The van der Waals surface area contributed by atoms with Crippen LogP contribution in [0.25, 0.3) is 0 Å². The Balaban J connectivity index is 2.53. The van der Waals surface area contributed by atoms with E-state index in [1.807, 2.05) is 14.1 Å². The van der Waals surface area contributed by atoms with Crippen LogP contribution in [0.3, 0.4) is 0 Å². The van der Waals surface area contributed by atoms with Crippen molar-refractivity contribution in [2.24, 2.45) is 0 Å². The predicted molar refractivity (Wildman–Crippen MR) is 59.6 cm³/mol. The molecular formula is C10H17N3O. The number of nitrogens with two attached hydrogens (primary N) is 1. The maximum absolute atomic E-state index is 9.24. The summed E-state index contributed by atoms with van der Waals surface area (Å²) < 4.78 is 0. The number of likely N-dealkylation sites (N-methyl/N-ethyl adjacent to an activating group) is 1. The molecule has 4 N–H and O–H groups in total. The first-order chi connectivity index (χ1) is 6.59. The van der Waals surface area contributed by atoms with Crippen molar-refractivity contribution in [3.05, 3.63) is 18.2 Å². The molecular weight excluding hydrogens is 178 g/mol. The van der Waals surface area contributed by atoms with Crippen LogP contribution in [0.4, 0.5) is 11.4 Å². The van der Waals surface area contributed by atoms with Gasteiger partial charge in [-0.15, -0.1) is 0 Å². The highest BCUT2D eigenvalue weighted by Crippen LogP contribution is 2.22. The number of nitrogen functional groups attached to an aromatic ring is 1. The maximum Gasteiger partial charge on any atom is 0.117 e. The fraction of sp³-hybridized carbons (Fsp3) is 0.400. The molecule has 0 bridgehead atoms. The summed E-state index contributed by atoms with van der Waals surface area (Å²) >= 11 is 0. The van der Waals surface area contributed by atoms with E-state index in [1.54, 1.807) is 18.2 Å². The van der Waals surface area contributed by atoms with Gasteiger partial charge in [0.1, 0.15) is 5.75 Å². The van der Waals surface area contributed by atoms with Crippen molar-refractivity contribution in [2.75, 3.05) is 38.2 Å². The van der Waals surface area contributed by atoms with E-state index >= 15 is 0 Å². The van der Waals surface area contributed by atoms with Crippen molar-refractivity contribution in [3.8, 4) is 5.75 Å². The first-order valence-electron chi connectivity index (χ1n) is 4.56. The zero-order valence-corrected chi connectivity index (χ0v) is 8.62. The Hall–Kier alpha value is -1.42. The van der Waals surface area contributed by atoms with Crippen molar-refractivity contribution in [2.45, 2.75) is 0 Å². The van der Waals surface area contributed by atoms with Gasteiger partial charge in [-0.1, -0.05) is 0 Å². The normalized spacial score (nSPS) is 10.5. The van der Waals surface area contributed by atoms with E-state index in [-0.39, 0.29) is 5.75 Å². The first-order valence-corrected chi connectivity index (χ1v) is 4.56. The van der Waals surface area contributed by atoms with Crippen molar-refractivity contribution in [1.82, 2.24) is 4.90 Å². The van der Waals surface area contributed by atoms with Crippen LogP contribution in [0.2, 0.25) is 0 Å². The Morgan fingerprint density at radius 2 is 2.14 bits per heavy atom. The number of rotatable bonds is 4. The van der Waals surface area contributed by atoms with E-state index in [0.29, 0.717) is 5.69 Å². The second kappa shape index (κ2) is 4.72. The second-order valence-corrected chi connectivity index (χ2v) is 3.50. The van der Waals surface area contributed by atoms with Gasteiger partial charge in [-0.05, 0) is 26.2 Å². The standard InChI is InChI=1S/C10H17N3O/c1-13(2)6-5-12-10-7-8(14)3-4-9(10)11/h3-4,7,12,14H,5-6,11H2,1-2H3. The summed E-state index contributed by atoms with van der Waals surface area (Å²) in [6.07, 6.45) is 0. The summed E-state index contributed by atoms with van der Waals surface area (Å²) in [6, 6.07) is 4.89. The van der Waals surface area contributed by atoms with Gasteiger partial charge in [0.2, 0.25) is 0 Å². The molecule has 0 radical (unpaired) electrons. The van der Waals surface area contributed by atoms with Gasteiger partial charge in [0.25, 0.3) is 0 Å². The summed E-state index contributed by atoms with van der Waals surface area (Å²) in [6.45, 7) is 1.73. The predicted octanol–water partition coefficient (Wildman–Crippen LogP) is 0.948. The van der Waals surface area contributed by atoms with Crippen molar-refractivity contribution in [1.29, 1.82) is 0 Å². The Bertz CT molecular complexity index is 299. The minimum Gasteiger partial charge on any atom is -0.508 e. The quantitative estimate of drug-likeness (QED) is 0.494. The molecule has 0 aromatic heterocycles. The van der Waals surface area contributed by atoms with Gasteiger partial charge in [0.05, 0.1) is 11.4 Å². The van der Waals surface area contributed by atoms with E-state index in [9.17, 15) is 5.11 Å². The lowest BCUT2D eigenvalue weighted by atomic mass is 10.2. The number of anilines is 2. The van der Waals surface area contributed by atoms with Crippen molar-refractivity contribution < 1.29 is 5.11 Å². The molecule has 1 aromatic rings. The van der Waals surface area contributed by atoms with Crippen LogP contribution >= 0.6 is 0 Å². The lowest BCUT2D eigenvalue weighted by Crippen LogP contribution is -2.21. The van der Waals surface area contributed by atoms with Gasteiger partial charge in [-0.3, -0.25) is 0 Å². The Morgan fingerprint density at radius 1 is 1.43 bits per heavy atom. The zero-order valence-electron chi connectivity index (χ0n) is 8.62. The third-order valence-corrected chi connectivity index (χ3v) is 1.91. The van der Waals surface area contributed by atoms with E-state index in [2.05, 4.69) is 10.2 Å². The van der Waals surface area contributed by atoms with Gasteiger partial charge < -0.3 is 21.1 Å². The smallest absolute Gasteiger partial charge is 0.117 e. The number of nitrogens with one attached hydrogen (secondary N) is 1. The van der Waals surface area contributed by atoms with E-state index in [1.165, 1.54) is 0 Å². The van der Waals surface area contributed by atoms with Crippen LogP contribution in [-0.2, 0) is 0 Å². The van der Waals surface area contributed by atoms with Gasteiger partial charge in [0.15, 0.2) is 0 Å². The number of phenols is 1. The van der Waals surface area contributed by atoms with Crippen LogP contribution in [0.5, 0.6) is 5.75 Å². The summed E-state index contributed by atoms with van der Waals surface area (Å²) in [4.78, 5) is 2.08.